The lowest BCUT2D eigenvalue weighted by atomic mass is 9.39. The number of aliphatic hydroxyl groups is 1. The lowest BCUT2D eigenvalue weighted by Gasteiger charge is -2.59. The van der Waals surface area contributed by atoms with Crippen molar-refractivity contribution < 1.29 is 24.2 Å². The third kappa shape index (κ3) is 4.05. The van der Waals surface area contributed by atoms with Crippen LogP contribution in [0.5, 0.6) is 0 Å². The zero-order valence-corrected chi connectivity index (χ0v) is 24.1. The van der Waals surface area contributed by atoms with Crippen molar-refractivity contribution in [2.45, 2.75) is 92.8 Å². The molecule has 1 aliphatic heterocycles. The SMILES string of the molecule is CC(C)=CC[C@H]1C[C@@]2(CC=C(C)C)C(=O)C3=C(O[C@H](C(C)(C)O)C3)[C@](C(=O)c3ccccc3)(C2=O)C1(C)C. The lowest BCUT2D eigenvalue weighted by molar-refractivity contribution is -0.165. The van der Waals surface area contributed by atoms with Gasteiger partial charge in [0, 0.05) is 17.6 Å². The Kier molecular flexibility index (Phi) is 7.01. The number of benzene rings is 1. The van der Waals surface area contributed by atoms with Crippen molar-refractivity contribution in [2.75, 3.05) is 0 Å². The molecule has 0 spiro atoms. The number of ketones is 3. The Labute approximate surface area is 227 Å². The van der Waals surface area contributed by atoms with Crippen LogP contribution in [-0.4, -0.2) is 34.2 Å². The summed E-state index contributed by atoms with van der Waals surface area (Å²) >= 11 is 0. The van der Waals surface area contributed by atoms with Crippen molar-refractivity contribution in [3.05, 3.63) is 70.5 Å². The fourth-order valence-electron chi connectivity index (χ4n) is 6.75. The van der Waals surface area contributed by atoms with E-state index in [1.807, 2.05) is 53.7 Å². The molecule has 5 nitrogen and oxygen atoms in total. The van der Waals surface area contributed by atoms with Gasteiger partial charge in [-0.05, 0) is 72.1 Å². The van der Waals surface area contributed by atoms with Gasteiger partial charge in [-0.1, -0.05) is 67.5 Å². The predicted octanol–water partition coefficient (Wildman–Crippen LogP) is 6.57. The first kappa shape index (κ1) is 28.2. The van der Waals surface area contributed by atoms with Crippen molar-refractivity contribution in [1.82, 2.24) is 0 Å². The van der Waals surface area contributed by atoms with Gasteiger partial charge < -0.3 is 9.84 Å². The molecule has 1 aromatic carbocycles. The monoisotopic (exact) mass is 518 g/mol. The molecule has 1 heterocycles. The number of carbonyl (C=O) groups is 3. The molecule has 2 aliphatic carbocycles. The van der Waals surface area contributed by atoms with Crippen LogP contribution < -0.4 is 0 Å². The van der Waals surface area contributed by atoms with Gasteiger partial charge in [0.25, 0.3) is 0 Å². The smallest absolute Gasteiger partial charge is 0.184 e. The number of carbonyl (C=O) groups excluding carboxylic acids is 3. The van der Waals surface area contributed by atoms with E-state index < -0.39 is 27.9 Å². The van der Waals surface area contributed by atoms with Gasteiger partial charge in [-0.15, -0.1) is 0 Å². The average Bonchev–Trinajstić information content (AvgIpc) is 3.29. The number of rotatable bonds is 7. The van der Waals surface area contributed by atoms with Gasteiger partial charge in [-0.25, -0.2) is 0 Å². The molecule has 1 saturated carbocycles. The molecule has 38 heavy (non-hydrogen) atoms. The normalized spacial score (nSPS) is 29.9. The zero-order chi connectivity index (χ0) is 28.3. The highest BCUT2D eigenvalue weighted by molar-refractivity contribution is 6.30. The van der Waals surface area contributed by atoms with Crippen LogP contribution in [0, 0.1) is 22.2 Å². The summed E-state index contributed by atoms with van der Waals surface area (Å²) in [6.45, 7) is 15.2. The second kappa shape index (κ2) is 9.44. The number of Topliss-reactive ketones (excluding diaryl/α,β-unsaturated/α-hetero) is 3. The minimum absolute atomic E-state index is 0.129. The van der Waals surface area contributed by atoms with Gasteiger partial charge in [-0.2, -0.15) is 0 Å². The van der Waals surface area contributed by atoms with Crippen molar-refractivity contribution in [1.29, 1.82) is 0 Å². The molecule has 0 unspecified atom stereocenters. The molecule has 0 saturated heterocycles. The summed E-state index contributed by atoms with van der Waals surface area (Å²) in [5.74, 6) is -0.872. The van der Waals surface area contributed by atoms with Crippen molar-refractivity contribution in [2.24, 2.45) is 22.2 Å². The summed E-state index contributed by atoms with van der Waals surface area (Å²) in [6.07, 6.45) is 4.83. The largest absolute Gasteiger partial charge is 0.489 e. The van der Waals surface area contributed by atoms with Crippen LogP contribution in [0.25, 0.3) is 0 Å². The molecule has 1 N–H and O–H groups in total. The number of ether oxygens (including phenoxy) is 1. The summed E-state index contributed by atoms with van der Waals surface area (Å²) in [6, 6.07) is 8.89. The van der Waals surface area contributed by atoms with Gasteiger partial charge in [0.15, 0.2) is 22.8 Å². The van der Waals surface area contributed by atoms with Crippen LogP contribution in [0.15, 0.2) is 65.0 Å². The fourth-order valence-corrected chi connectivity index (χ4v) is 6.75. The summed E-state index contributed by atoms with van der Waals surface area (Å²) < 4.78 is 6.42. The summed E-state index contributed by atoms with van der Waals surface area (Å²) in [4.78, 5) is 44.2. The van der Waals surface area contributed by atoms with Gasteiger partial charge in [0.1, 0.15) is 11.9 Å². The Bertz CT molecular complexity index is 1250. The molecule has 0 aromatic heterocycles. The maximum Gasteiger partial charge on any atom is 0.184 e. The molecular formula is C33H42O5. The Morgan fingerprint density at radius 2 is 1.66 bits per heavy atom. The van der Waals surface area contributed by atoms with Crippen molar-refractivity contribution >= 4 is 17.3 Å². The van der Waals surface area contributed by atoms with E-state index in [0.717, 1.165) is 11.1 Å². The second-order valence-corrected chi connectivity index (χ2v) is 13.1. The number of fused-ring (bicyclic) bond motifs is 3. The quantitative estimate of drug-likeness (QED) is 0.251. The standard InChI is InChI=1S/C33H42O5/c1-20(2)14-15-23-19-32(17-16-21(3)4)27(35)24-18-25(31(7,8)37)38-28(24)33(29(32)36,30(23,5)6)26(34)22-12-10-9-11-13-22/h9-14,16,23,25,37H,15,17-19H2,1-8H3/t23-,25-,32-,33+/m0/s1. The maximum atomic E-state index is 15.0. The van der Waals surface area contributed by atoms with E-state index in [0.29, 0.717) is 24.0 Å². The van der Waals surface area contributed by atoms with Crippen molar-refractivity contribution in [3.63, 3.8) is 0 Å². The van der Waals surface area contributed by atoms with Crippen LogP contribution in [0.3, 0.4) is 0 Å². The minimum atomic E-state index is -1.68. The maximum absolute atomic E-state index is 15.0. The average molecular weight is 519 g/mol. The Hall–Kier alpha value is -2.79. The molecular weight excluding hydrogens is 476 g/mol. The van der Waals surface area contributed by atoms with E-state index in [9.17, 15) is 14.7 Å². The van der Waals surface area contributed by atoms with Crippen LogP contribution >= 0.6 is 0 Å². The van der Waals surface area contributed by atoms with Crippen LogP contribution in [0.1, 0.15) is 91.4 Å². The second-order valence-electron chi connectivity index (χ2n) is 13.1. The number of hydrogen-bond acceptors (Lipinski definition) is 5. The molecule has 2 bridgehead atoms. The lowest BCUT2D eigenvalue weighted by Crippen LogP contribution is -2.68. The Morgan fingerprint density at radius 3 is 2.21 bits per heavy atom. The third-order valence-corrected chi connectivity index (χ3v) is 9.16. The molecule has 4 atom stereocenters. The molecule has 5 heteroatoms. The van der Waals surface area contributed by atoms with E-state index in [2.05, 4.69) is 6.08 Å². The molecule has 3 aliphatic rings. The van der Waals surface area contributed by atoms with Gasteiger partial charge in [0.2, 0.25) is 0 Å². The summed E-state index contributed by atoms with van der Waals surface area (Å²) in [7, 11) is 0. The predicted molar refractivity (Wildman–Crippen MR) is 148 cm³/mol. The van der Waals surface area contributed by atoms with Crippen molar-refractivity contribution in [3.8, 4) is 0 Å². The Balaban J connectivity index is 2.08. The molecule has 1 aromatic rings. The van der Waals surface area contributed by atoms with E-state index in [-0.39, 0.29) is 41.9 Å². The topological polar surface area (TPSA) is 80.7 Å². The van der Waals surface area contributed by atoms with E-state index in [1.165, 1.54) is 0 Å². The molecule has 4 rings (SSSR count). The molecule has 0 radical (unpaired) electrons. The highest BCUT2D eigenvalue weighted by atomic mass is 16.5. The highest BCUT2D eigenvalue weighted by Crippen LogP contribution is 2.68. The highest BCUT2D eigenvalue weighted by Gasteiger charge is 2.76. The first-order valence-electron chi connectivity index (χ1n) is 13.7. The zero-order valence-electron chi connectivity index (χ0n) is 24.1. The molecule has 1 fully saturated rings. The molecule has 204 valence electrons. The summed E-state index contributed by atoms with van der Waals surface area (Å²) in [5, 5.41) is 10.9. The van der Waals surface area contributed by atoms with Gasteiger partial charge in [0.05, 0.1) is 11.0 Å². The van der Waals surface area contributed by atoms with E-state index in [4.69, 9.17) is 4.74 Å². The van der Waals surface area contributed by atoms with Gasteiger partial charge in [-0.3, -0.25) is 14.4 Å². The van der Waals surface area contributed by atoms with Crippen LogP contribution in [0.4, 0.5) is 0 Å². The van der Waals surface area contributed by atoms with E-state index in [1.54, 1.807) is 38.1 Å². The third-order valence-electron chi connectivity index (χ3n) is 9.16. The van der Waals surface area contributed by atoms with Gasteiger partial charge >= 0.3 is 0 Å². The van der Waals surface area contributed by atoms with Crippen LogP contribution in [0.2, 0.25) is 0 Å². The number of allylic oxidation sites excluding steroid dienone is 5. The van der Waals surface area contributed by atoms with E-state index >= 15 is 4.79 Å². The number of hydrogen-bond donors (Lipinski definition) is 1. The Morgan fingerprint density at radius 1 is 1.05 bits per heavy atom. The fraction of sp³-hybridized carbons (Fsp3) is 0.545. The first-order valence-corrected chi connectivity index (χ1v) is 13.7. The minimum Gasteiger partial charge on any atom is -0.489 e. The summed E-state index contributed by atoms with van der Waals surface area (Å²) in [5.41, 5.74) is -2.16. The first-order chi connectivity index (χ1) is 17.6. The van der Waals surface area contributed by atoms with Crippen LogP contribution in [-0.2, 0) is 14.3 Å². The molecule has 0 amide bonds.